The Kier molecular flexibility index (Phi) is 2.64. The summed E-state index contributed by atoms with van der Waals surface area (Å²) in [4.78, 5) is 0. The van der Waals surface area contributed by atoms with Crippen molar-refractivity contribution in [1.29, 1.82) is 5.41 Å². The lowest BCUT2D eigenvalue weighted by molar-refractivity contribution is 0.303. The second-order valence-electron chi connectivity index (χ2n) is 3.31. The molecule has 0 aromatic heterocycles. The molecule has 0 radical (unpaired) electrons. The number of hydrogen-bond acceptors (Lipinski definition) is 3. The summed E-state index contributed by atoms with van der Waals surface area (Å²) >= 11 is 5.99. The Morgan fingerprint density at radius 2 is 2.33 bits per heavy atom. The maximum absolute atomic E-state index is 6.97. The number of allylic oxidation sites excluding steroid dienone is 5. The number of nitrogens with one attached hydrogen (secondary N) is 1. The largest absolute Gasteiger partial charge is 0.461 e. The molecule has 1 saturated carbocycles. The van der Waals surface area contributed by atoms with E-state index in [-0.39, 0.29) is 11.3 Å². The molecule has 2 atom stereocenters. The molecule has 2 rings (SSSR count). The second kappa shape index (κ2) is 3.95. The highest BCUT2D eigenvalue weighted by Crippen LogP contribution is 2.52. The van der Waals surface area contributed by atoms with Crippen LogP contribution in [0.1, 0.15) is 0 Å². The molecule has 3 nitrogen and oxygen atoms in total. The fraction of sp³-hybridized carbons (Fsp3) is 0.182. The summed E-state index contributed by atoms with van der Waals surface area (Å²) < 4.78 is 5.58. The predicted molar refractivity (Wildman–Crippen MR) is 60.6 cm³/mol. The normalized spacial score (nSPS) is 28.5. The first-order valence-electron chi connectivity index (χ1n) is 4.60. The summed E-state index contributed by atoms with van der Waals surface area (Å²) in [7, 11) is 0. The van der Waals surface area contributed by atoms with E-state index in [1.807, 2.05) is 12.2 Å². The Hall–Kier alpha value is -1.48. The van der Waals surface area contributed by atoms with Crippen LogP contribution in [0.15, 0.2) is 47.6 Å². The zero-order chi connectivity index (χ0) is 10.8. The Bertz CT molecular complexity index is 407. The Morgan fingerprint density at radius 1 is 1.53 bits per heavy atom. The number of rotatable bonds is 4. The van der Waals surface area contributed by atoms with Crippen LogP contribution in [0.25, 0.3) is 0 Å². The third-order valence-electron chi connectivity index (χ3n) is 2.35. The summed E-state index contributed by atoms with van der Waals surface area (Å²) in [6.07, 6.45) is 9.56. The average molecular weight is 223 g/mol. The summed E-state index contributed by atoms with van der Waals surface area (Å²) in [5.74, 6) is 1.60. The highest BCUT2D eigenvalue weighted by molar-refractivity contribution is 6.26. The molecular weight excluding hydrogens is 212 g/mol. The maximum Gasteiger partial charge on any atom is 0.129 e. The van der Waals surface area contributed by atoms with Gasteiger partial charge in [0.2, 0.25) is 0 Å². The summed E-state index contributed by atoms with van der Waals surface area (Å²) in [5.41, 5.74) is 6.48. The zero-order valence-electron chi connectivity index (χ0n) is 7.98. The number of alkyl halides is 1. The molecule has 0 aliphatic heterocycles. The van der Waals surface area contributed by atoms with Gasteiger partial charge in [-0.1, -0.05) is 6.08 Å². The van der Waals surface area contributed by atoms with E-state index in [2.05, 4.69) is 0 Å². The van der Waals surface area contributed by atoms with Gasteiger partial charge < -0.3 is 15.9 Å². The van der Waals surface area contributed by atoms with E-state index >= 15 is 0 Å². The van der Waals surface area contributed by atoms with E-state index in [9.17, 15) is 0 Å². The minimum atomic E-state index is 0.0908. The van der Waals surface area contributed by atoms with E-state index < -0.39 is 0 Å². The molecule has 2 unspecified atom stereocenters. The minimum Gasteiger partial charge on any atom is -0.461 e. The predicted octanol–water partition coefficient (Wildman–Crippen LogP) is 2.07. The Morgan fingerprint density at radius 3 is 2.87 bits per heavy atom. The highest BCUT2D eigenvalue weighted by atomic mass is 35.5. The molecular formula is C11H11ClN2O. The van der Waals surface area contributed by atoms with Gasteiger partial charge in [-0.05, 0) is 30.0 Å². The molecule has 0 spiro atoms. The standard InChI is InChI=1S/C11H11ClN2O/c12-11-8-1-2-9(10(8)11)15-7(3-5-13)4-6-14/h1-6,10-11,13H,14H2/b6-4+,7-3+,13-5?. The molecule has 0 saturated heterocycles. The van der Waals surface area contributed by atoms with Crippen molar-refractivity contribution in [2.45, 2.75) is 5.38 Å². The van der Waals surface area contributed by atoms with Gasteiger partial charge in [0.1, 0.15) is 11.5 Å². The maximum atomic E-state index is 6.97. The van der Waals surface area contributed by atoms with Gasteiger partial charge in [-0.25, -0.2) is 0 Å². The van der Waals surface area contributed by atoms with E-state index in [0.717, 1.165) is 12.0 Å². The van der Waals surface area contributed by atoms with Crippen LogP contribution in [0.5, 0.6) is 0 Å². The second-order valence-corrected chi connectivity index (χ2v) is 3.78. The molecule has 15 heavy (non-hydrogen) atoms. The molecule has 3 N–H and O–H groups in total. The van der Waals surface area contributed by atoms with Gasteiger partial charge in [0.05, 0.1) is 11.3 Å². The minimum absolute atomic E-state index is 0.0908. The summed E-state index contributed by atoms with van der Waals surface area (Å²) in [5, 5.41) is 7.06. The van der Waals surface area contributed by atoms with Crippen molar-refractivity contribution in [1.82, 2.24) is 0 Å². The van der Waals surface area contributed by atoms with Crippen LogP contribution in [0, 0.1) is 11.3 Å². The molecule has 0 heterocycles. The van der Waals surface area contributed by atoms with Crippen molar-refractivity contribution in [3.63, 3.8) is 0 Å². The van der Waals surface area contributed by atoms with Crippen LogP contribution in [-0.2, 0) is 4.74 Å². The van der Waals surface area contributed by atoms with Crippen molar-refractivity contribution in [2.24, 2.45) is 11.7 Å². The first-order valence-corrected chi connectivity index (χ1v) is 5.04. The van der Waals surface area contributed by atoms with E-state index in [4.69, 9.17) is 27.5 Å². The Labute approximate surface area is 93.1 Å². The van der Waals surface area contributed by atoms with Gasteiger partial charge in [0.25, 0.3) is 0 Å². The first-order chi connectivity index (χ1) is 7.27. The molecule has 4 heteroatoms. The third kappa shape index (κ3) is 1.83. The van der Waals surface area contributed by atoms with E-state index in [0.29, 0.717) is 5.76 Å². The molecule has 2 aliphatic carbocycles. The van der Waals surface area contributed by atoms with Crippen LogP contribution < -0.4 is 5.73 Å². The van der Waals surface area contributed by atoms with Gasteiger partial charge in [0, 0.05) is 6.21 Å². The van der Waals surface area contributed by atoms with Crippen LogP contribution >= 0.6 is 11.6 Å². The van der Waals surface area contributed by atoms with Gasteiger partial charge in [-0.3, -0.25) is 0 Å². The van der Waals surface area contributed by atoms with Crippen molar-refractivity contribution < 1.29 is 4.74 Å². The molecule has 0 aromatic rings. The quantitative estimate of drug-likeness (QED) is 0.331. The van der Waals surface area contributed by atoms with Gasteiger partial charge in [-0.15, -0.1) is 11.6 Å². The first kappa shape index (κ1) is 10.1. The van der Waals surface area contributed by atoms with Gasteiger partial charge in [-0.2, -0.15) is 0 Å². The van der Waals surface area contributed by atoms with Crippen molar-refractivity contribution >= 4 is 17.8 Å². The zero-order valence-corrected chi connectivity index (χ0v) is 8.74. The van der Waals surface area contributed by atoms with Crippen LogP contribution in [0.4, 0.5) is 0 Å². The van der Waals surface area contributed by atoms with Crippen molar-refractivity contribution in [2.75, 3.05) is 0 Å². The number of halogens is 1. The van der Waals surface area contributed by atoms with Gasteiger partial charge in [0.15, 0.2) is 0 Å². The topological polar surface area (TPSA) is 59.1 Å². The third-order valence-corrected chi connectivity index (χ3v) is 2.86. The lowest BCUT2D eigenvalue weighted by atomic mass is 10.3. The molecule has 2 aliphatic rings. The van der Waals surface area contributed by atoms with Gasteiger partial charge >= 0.3 is 0 Å². The molecule has 0 amide bonds. The van der Waals surface area contributed by atoms with E-state index in [1.54, 1.807) is 6.08 Å². The number of fused-ring (bicyclic) bond motifs is 1. The molecule has 78 valence electrons. The van der Waals surface area contributed by atoms with Crippen molar-refractivity contribution in [3.8, 4) is 0 Å². The molecule has 0 bridgehead atoms. The van der Waals surface area contributed by atoms with Crippen molar-refractivity contribution in [3.05, 3.63) is 47.6 Å². The smallest absolute Gasteiger partial charge is 0.129 e. The number of hydrogen-bond donors (Lipinski definition) is 2. The number of ether oxygens (including phenoxy) is 1. The lowest BCUT2D eigenvalue weighted by Crippen LogP contribution is -1.96. The SMILES string of the molecule is N=C/C=C(\C=C\N)OC1=CC=C2C(Cl)C12. The molecule has 0 aromatic carbocycles. The molecule has 1 fully saturated rings. The average Bonchev–Trinajstić information content (AvgIpc) is 2.67. The van der Waals surface area contributed by atoms with Crippen LogP contribution in [0.3, 0.4) is 0 Å². The Balaban J connectivity index is 2.03. The van der Waals surface area contributed by atoms with E-state index in [1.165, 1.54) is 17.8 Å². The summed E-state index contributed by atoms with van der Waals surface area (Å²) in [6, 6.07) is 0. The monoisotopic (exact) mass is 222 g/mol. The van der Waals surface area contributed by atoms with Crippen LogP contribution in [-0.4, -0.2) is 11.6 Å². The fourth-order valence-corrected chi connectivity index (χ4v) is 1.97. The summed E-state index contributed by atoms with van der Waals surface area (Å²) in [6.45, 7) is 0. The highest BCUT2D eigenvalue weighted by Gasteiger charge is 2.49. The van der Waals surface area contributed by atoms with Crippen LogP contribution in [0.2, 0.25) is 0 Å². The lowest BCUT2D eigenvalue weighted by Gasteiger charge is -2.07. The fourth-order valence-electron chi connectivity index (χ4n) is 1.57. The number of nitrogens with two attached hydrogens (primary N) is 1.